The molecule has 0 bridgehead atoms. The highest BCUT2D eigenvalue weighted by Crippen LogP contribution is 2.42. The normalized spacial score (nSPS) is 15.4. The van der Waals surface area contributed by atoms with Gasteiger partial charge in [-0.3, -0.25) is 0 Å². The molecule has 0 spiro atoms. The SMILES string of the molecule is COc1cc(C(F)(F)F)c(OC)cc1C1CNC1.Cl. The second-order valence-electron chi connectivity index (χ2n) is 4.15. The average Bonchev–Trinajstić information content (AvgIpc) is 2.24. The zero-order valence-electron chi connectivity index (χ0n) is 10.5. The van der Waals surface area contributed by atoms with Gasteiger partial charge >= 0.3 is 6.18 Å². The van der Waals surface area contributed by atoms with Crippen molar-refractivity contribution in [3.8, 4) is 11.5 Å². The number of nitrogens with one attached hydrogen (secondary N) is 1. The molecule has 2 rings (SSSR count). The van der Waals surface area contributed by atoms with Gasteiger partial charge in [0.25, 0.3) is 0 Å². The van der Waals surface area contributed by atoms with Crippen LogP contribution in [0.3, 0.4) is 0 Å². The molecular formula is C12H15ClF3NO2. The minimum atomic E-state index is -4.45. The molecule has 108 valence electrons. The van der Waals surface area contributed by atoms with Gasteiger partial charge in [-0.1, -0.05) is 0 Å². The molecule has 19 heavy (non-hydrogen) atoms. The summed E-state index contributed by atoms with van der Waals surface area (Å²) in [5.41, 5.74) is -0.0565. The molecule has 0 aromatic heterocycles. The van der Waals surface area contributed by atoms with Gasteiger partial charge in [-0.05, 0) is 12.1 Å². The second kappa shape index (κ2) is 5.88. The minimum Gasteiger partial charge on any atom is -0.496 e. The standard InChI is InChI=1S/C12H14F3NO2.ClH/c1-17-10-4-9(12(13,14)15)11(18-2)3-8(10)7-5-16-6-7;/h3-4,7,16H,5-6H2,1-2H3;1H. The average molecular weight is 298 g/mol. The van der Waals surface area contributed by atoms with E-state index < -0.39 is 11.7 Å². The maximum Gasteiger partial charge on any atom is 0.420 e. The van der Waals surface area contributed by atoms with Crippen LogP contribution in [0.4, 0.5) is 13.2 Å². The van der Waals surface area contributed by atoms with Gasteiger partial charge in [-0.25, -0.2) is 0 Å². The zero-order chi connectivity index (χ0) is 13.3. The lowest BCUT2D eigenvalue weighted by Gasteiger charge is -2.29. The molecule has 0 saturated carbocycles. The summed E-state index contributed by atoms with van der Waals surface area (Å²) in [5, 5.41) is 3.07. The van der Waals surface area contributed by atoms with Gasteiger partial charge in [-0.2, -0.15) is 13.2 Å². The smallest absolute Gasteiger partial charge is 0.420 e. The van der Waals surface area contributed by atoms with Crippen molar-refractivity contribution in [2.45, 2.75) is 12.1 Å². The largest absolute Gasteiger partial charge is 0.496 e. The van der Waals surface area contributed by atoms with E-state index in [1.165, 1.54) is 20.3 Å². The quantitative estimate of drug-likeness (QED) is 0.930. The molecule has 7 heteroatoms. The maximum absolute atomic E-state index is 12.8. The first-order chi connectivity index (χ1) is 8.47. The van der Waals surface area contributed by atoms with E-state index in [0.717, 1.165) is 24.7 Å². The van der Waals surface area contributed by atoms with Gasteiger partial charge in [0.2, 0.25) is 0 Å². The van der Waals surface area contributed by atoms with Crippen molar-refractivity contribution >= 4 is 12.4 Å². The van der Waals surface area contributed by atoms with Crippen LogP contribution in [0.15, 0.2) is 12.1 Å². The fourth-order valence-corrected chi connectivity index (χ4v) is 1.97. The Hall–Kier alpha value is -1.14. The molecule has 1 aromatic carbocycles. The number of rotatable bonds is 3. The van der Waals surface area contributed by atoms with Crippen LogP contribution in [0.2, 0.25) is 0 Å². The van der Waals surface area contributed by atoms with Crippen molar-refractivity contribution in [2.75, 3.05) is 27.3 Å². The van der Waals surface area contributed by atoms with E-state index in [1.54, 1.807) is 0 Å². The van der Waals surface area contributed by atoms with Gasteiger partial charge in [0, 0.05) is 24.6 Å². The Morgan fingerprint density at radius 3 is 2.05 bits per heavy atom. The third-order valence-electron chi connectivity index (χ3n) is 3.08. The highest BCUT2D eigenvalue weighted by atomic mass is 35.5. The van der Waals surface area contributed by atoms with Crippen LogP contribution in [0.1, 0.15) is 17.0 Å². The molecule has 0 unspecified atom stereocenters. The van der Waals surface area contributed by atoms with E-state index in [-0.39, 0.29) is 29.8 Å². The maximum atomic E-state index is 12.8. The monoisotopic (exact) mass is 297 g/mol. The fourth-order valence-electron chi connectivity index (χ4n) is 1.97. The van der Waals surface area contributed by atoms with Crippen LogP contribution >= 0.6 is 12.4 Å². The lowest BCUT2D eigenvalue weighted by Crippen LogP contribution is -2.40. The number of methoxy groups -OCH3 is 2. The molecule has 0 radical (unpaired) electrons. The lowest BCUT2D eigenvalue weighted by atomic mass is 9.91. The van der Waals surface area contributed by atoms with Gasteiger partial charge < -0.3 is 14.8 Å². The van der Waals surface area contributed by atoms with Crippen molar-refractivity contribution < 1.29 is 22.6 Å². The number of hydrogen-bond acceptors (Lipinski definition) is 3. The van der Waals surface area contributed by atoms with E-state index >= 15 is 0 Å². The molecule has 1 N–H and O–H groups in total. The van der Waals surface area contributed by atoms with Gasteiger partial charge in [0.15, 0.2) is 0 Å². The molecule has 3 nitrogen and oxygen atoms in total. The Morgan fingerprint density at radius 1 is 1.11 bits per heavy atom. The van der Waals surface area contributed by atoms with Crippen molar-refractivity contribution in [3.63, 3.8) is 0 Å². The number of alkyl halides is 3. The van der Waals surface area contributed by atoms with Crippen LogP contribution in [0, 0.1) is 0 Å². The Kier molecular flexibility index (Phi) is 4.92. The van der Waals surface area contributed by atoms with Crippen LogP contribution in [0.25, 0.3) is 0 Å². The van der Waals surface area contributed by atoms with E-state index in [9.17, 15) is 13.2 Å². The topological polar surface area (TPSA) is 30.5 Å². The summed E-state index contributed by atoms with van der Waals surface area (Å²) in [4.78, 5) is 0. The third kappa shape index (κ3) is 3.06. The molecule has 1 heterocycles. The summed E-state index contributed by atoms with van der Waals surface area (Å²) in [7, 11) is 2.61. The van der Waals surface area contributed by atoms with E-state index in [2.05, 4.69) is 5.32 Å². The molecule has 1 aromatic rings. The molecule has 0 amide bonds. The molecule has 1 saturated heterocycles. The van der Waals surface area contributed by atoms with E-state index in [4.69, 9.17) is 9.47 Å². The van der Waals surface area contributed by atoms with Crippen LogP contribution in [-0.2, 0) is 6.18 Å². The molecule has 0 atom stereocenters. The van der Waals surface area contributed by atoms with Crippen molar-refractivity contribution in [1.29, 1.82) is 0 Å². The fraction of sp³-hybridized carbons (Fsp3) is 0.500. The molecular weight excluding hydrogens is 283 g/mol. The Bertz CT molecular complexity index is 447. The van der Waals surface area contributed by atoms with Gasteiger partial charge in [-0.15, -0.1) is 12.4 Å². The molecule has 1 aliphatic heterocycles. The van der Waals surface area contributed by atoms with Crippen molar-refractivity contribution in [3.05, 3.63) is 23.3 Å². The summed E-state index contributed by atoms with van der Waals surface area (Å²) in [6, 6.07) is 2.43. The van der Waals surface area contributed by atoms with Crippen LogP contribution < -0.4 is 14.8 Å². The van der Waals surface area contributed by atoms with E-state index in [0.29, 0.717) is 0 Å². The summed E-state index contributed by atoms with van der Waals surface area (Å²) in [6.45, 7) is 1.48. The van der Waals surface area contributed by atoms with Gasteiger partial charge in [0.05, 0.1) is 14.2 Å². The number of ether oxygens (including phenoxy) is 2. The first-order valence-electron chi connectivity index (χ1n) is 5.51. The predicted octanol–water partition coefficient (Wildman–Crippen LogP) is 2.83. The van der Waals surface area contributed by atoms with Gasteiger partial charge in [0.1, 0.15) is 17.1 Å². The zero-order valence-corrected chi connectivity index (χ0v) is 11.3. The Morgan fingerprint density at radius 2 is 1.68 bits per heavy atom. The Labute approximate surface area is 115 Å². The second-order valence-corrected chi connectivity index (χ2v) is 4.15. The third-order valence-corrected chi connectivity index (χ3v) is 3.08. The minimum absolute atomic E-state index is 0. The first kappa shape index (κ1) is 15.9. The predicted molar refractivity (Wildman–Crippen MR) is 67.4 cm³/mol. The Balaban J connectivity index is 0.00000180. The summed E-state index contributed by atoms with van der Waals surface area (Å²) >= 11 is 0. The summed E-state index contributed by atoms with van der Waals surface area (Å²) in [5.74, 6) is 0.274. The highest BCUT2D eigenvalue weighted by molar-refractivity contribution is 5.85. The molecule has 1 aliphatic rings. The number of hydrogen-bond donors (Lipinski definition) is 1. The van der Waals surface area contributed by atoms with Crippen molar-refractivity contribution in [1.82, 2.24) is 5.32 Å². The number of halogens is 4. The van der Waals surface area contributed by atoms with E-state index in [1.807, 2.05) is 0 Å². The van der Waals surface area contributed by atoms with Crippen LogP contribution in [-0.4, -0.2) is 27.3 Å². The first-order valence-corrected chi connectivity index (χ1v) is 5.51. The number of benzene rings is 1. The van der Waals surface area contributed by atoms with Crippen LogP contribution in [0.5, 0.6) is 11.5 Å². The summed E-state index contributed by atoms with van der Waals surface area (Å²) < 4.78 is 48.4. The lowest BCUT2D eigenvalue weighted by molar-refractivity contribution is -0.138. The molecule has 0 aliphatic carbocycles. The van der Waals surface area contributed by atoms with Crippen molar-refractivity contribution in [2.24, 2.45) is 0 Å². The molecule has 1 fully saturated rings. The highest BCUT2D eigenvalue weighted by Gasteiger charge is 2.36. The summed E-state index contributed by atoms with van der Waals surface area (Å²) in [6.07, 6.45) is -4.45.